The standard InChI is InChI=1S/C21H23FN4O/c22-18-8-4-5-9-20(18)25-14-12-24(13-15-25)16-21(27)26-19(10-11-23-26)17-6-2-1-3-7-17/h1-11,19,23H,12-16H2/t19-/m0/s1. The molecule has 27 heavy (non-hydrogen) atoms. The van der Waals surface area contributed by atoms with Crippen LogP contribution in [0.2, 0.25) is 0 Å². The number of nitrogens with zero attached hydrogens (tertiary/aromatic N) is 3. The molecule has 2 aromatic rings. The summed E-state index contributed by atoms with van der Waals surface area (Å²) in [6.07, 6.45) is 3.80. The minimum absolute atomic E-state index is 0.0354. The molecule has 4 rings (SSSR count). The largest absolute Gasteiger partial charge is 0.367 e. The van der Waals surface area contributed by atoms with Crippen LogP contribution in [-0.4, -0.2) is 48.5 Å². The number of hydrazine groups is 1. The lowest BCUT2D eigenvalue weighted by Crippen LogP contribution is -2.51. The maximum atomic E-state index is 14.0. The number of anilines is 1. The van der Waals surface area contributed by atoms with Gasteiger partial charge in [-0.15, -0.1) is 0 Å². The third-order valence-corrected chi connectivity index (χ3v) is 5.10. The number of amides is 1. The van der Waals surface area contributed by atoms with E-state index in [1.165, 1.54) is 6.07 Å². The maximum Gasteiger partial charge on any atom is 0.255 e. The zero-order valence-electron chi connectivity index (χ0n) is 15.1. The van der Waals surface area contributed by atoms with Crippen molar-refractivity contribution in [1.82, 2.24) is 15.3 Å². The van der Waals surface area contributed by atoms with Crippen LogP contribution in [0.3, 0.4) is 0 Å². The van der Waals surface area contributed by atoms with Crippen LogP contribution in [0.1, 0.15) is 11.6 Å². The van der Waals surface area contributed by atoms with Crippen molar-refractivity contribution in [2.24, 2.45) is 0 Å². The van der Waals surface area contributed by atoms with Gasteiger partial charge in [0.25, 0.3) is 5.91 Å². The second kappa shape index (κ2) is 7.80. The molecule has 2 heterocycles. The van der Waals surface area contributed by atoms with Crippen molar-refractivity contribution in [3.63, 3.8) is 0 Å². The van der Waals surface area contributed by atoms with E-state index in [-0.39, 0.29) is 17.8 Å². The number of hydrogen-bond donors (Lipinski definition) is 1. The van der Waals surface area contributed by atoms with Crippen molar-refractivity contribution in [3.05, 3.63) is 78.3 Å². The zero-order valence-corrected chi connectivity index (χ0v) is 15.1. The van der Waals surface area contributed by atoms with Crippen molar-refractivity contribution in [2.45, 2.75) is 6.04 Å². The minimum Gasteiger partial charge on any atom is -0.367 e. The van der Waals surface area contributed by atoms with E-state index in [2.05, 4.69) is 10.3 Å². The summed E-state index contributed by atoms with van der Waals surface area (Å²) < 4.78 is 14.0. The van der Waals surface area contributed by atoms with Gasteiger partial charge in [-0.2, -0.15) is 0 Å². The number of benzene rings is 2. The maximum absolute atomic E-state index is 14.0. The van der Waals surface area contributed by atoms with Crippen LogP contribution in [0.5, 0.6) is 0 Å². The number of piperazine rings is 1. The Balaban J connectivity index is 1.34. The highest BCUT2D eigenvalue weighted by Gasteiger charge is 2.28. The van der Waals surface area contributed by atoms with E-state index in [0.717, 1.165) is 18.7 Å². The van der Waals surface area contributed by atoms with Crippen molar-refractivity contribution in [1.29, 1.82) is 0 Å². The Bertz CT molecular complexity index is 818. The number of carbonyl (C=O) groups excluding carboxylic acids is 1. The molecule has 0 aromatic heterocycles. The van der Waals surface area contributed by atoms with Gasteiger partial charge >= 0.3 is 0 Å². The smallest absolute Gasteiger partial charge is 0.255 e. The number of hydrogen-bond acceptors (Lipinski definition) is 4. The molecule has 1 amide bonds. The number of carbonyl (C=O) groups is 1. The van der Waals surface area contributed by atoms with E-state index in [9.17, 15) is 9.18 Å². The Morgan fingerprint density at radius 1 is 1.00 bits per heavy atom. The second-order valence-corrected chi connectivity index (χ2v) is 6.82. The van der Waals surface area contributed by atoms with E-state index in [1.807, 2.05) is 53.6 Å². The van der Waals surface area contributed by atoms with Gasteiger partial charge in [0.2, 0.25) is 0 Å². The van der Waals surface area contributed by atoms with Gasteiger partial charge < -0.3 is 10.3 Å². The summed E-state index contributed by atoms with van der Waals surface area (Å²) in [6, 6.07) is 16.7. The van der Waals surface area contributed by atoms with Crippen LogP contribution >= 0.6 is 0 Å². The summed E-state index contributed by atoms with van der Waals surface area (Å²) >= 11 is 0. The van der Waals surface area contributed by atoms with Gasteiger partial charge in [0.15, 0.2) is 0 Å². The van der Waals surface area contributed by atoms with E-state index >= 15 is 0 Å². The van der Waals surface area contributed by atoms with Gasteiger partial charge in [-0.3, -0.25) is 9.69 Å². The highest BCUT2D eigenvalue weighted by atomic mass is 19.1. The highest BCUT2D eigenvalue weighted by molar-refractivity contribution is 5.79. The van der Waals surface area contributed by atoms with Crippen molar-refractivity contribution >= 4 is 11.6 Å². The van der Waals surface area contributed by atoms with Gasteiger partial charge in [-0.05, 0) is 23.8 Å². The molecule has 0 aliphatic carbocycles. The van der Waals surface area contributed by atoms with Gasteiger partial charge in [0.1, 0.15) is 5.82 Å². The van der Waals surface area contributed by atoms with E-state index < -0.39 is 0 Å². The van der Waals surface area contributed by atoms with Crippen LogP contribution in [-0.2, 0) is 4.79 Å². The number of para-hydroxylation sites is 1. The van der Waals surface area contributed by atoms with Crippen LogP contribution in [0.4, 0.5) is 10.1 Å². The predicted octanol–water partition coefficient (Wildman–Crippen LogP) is 2.55. The fourth-order valence-electron chi connectivity index (χ4n) is 3.64. The SMILES string of the molecule is O=C(CN1CCN(c2ccccc2F)CC1)N1NC=C[C@H]1c1ccccc1. The lowest BCUT2D eigenvalue weighted by atomic mass is 10.1. The number of rotatable bonds is 4. The molecule has 0 radical (unpaired) electrons. The summed E-state index contributed by atoms with van der Waals surface area (Å²) in [5, 5.41) is 1.68. The summed E-state index contributed by atoms with van der Waals surface area (Å²) in [5.74, 6) is -0.159. The fraction of sp³-hybridized carbons (Fsp3) is 0.286. The zero-order chi connectivity index (χ0) is 18.6. The van der Waals surface area contributed by atoms with Crippen molar-refractivity contribution < 1.29 is 9.18 Å². The van der Waals surface area contributed by atoms with Crippen LogP contribution in [0.25, 0.3) is 0 Å². The molecule has 0 unspecified atom stereocenters. The van der Waals surface area contributed by atoms with E-state index in [0.29, 0.717) is 25.3 Å². The summed E-state index contributed by atoms with van der Waals surface area (Å²) in [6.45, 7) is 3.24. The molecule has 1 saturated heterocycles. The summed E-state index contributed by atoms with van der Waals surface area (Å²) in [4.78, 5) is 17.0. The van der Waals surface area contributed by atoms with E-state index in [1.54, 1.807) is 17.1 Å². The van der Waals surface area contributed by atoms with Gasteiger partial charge in [-0.25, -0.2) is 9.40 Å². The third-order valence-electron chi connectivity index (χ3n) is 5.10. The molecule has 1 fully saturated rings. The first-order valence-electron chi connectivity index (χ1n) is 9.24. The molecule has 6 heteroatoms. The molecule has 2 aliphatic heterocycles. The van der Waals surface area contributed by atoms with Crippen LogP contribution < -0.4 is 10.3 Å². The monoisotopic (exact) mass is 366 g/mol. The fourth-order valence-corrected chi connectivity index (χ4v) is 3.64. The topological polar surface area (TPSA) is 38.8 Å². The Morgan fingerprint density at radius 2 is 1.70 bits per heavy atom. The number of halogens is 1. The molecule has 2 aliphatic rings. The average molecular weight is 366 g/mol. The molecule has 1 atom stereocenters. The summed E-state index contributed by atoms with van der Waals surface area (Å²) in [5.41, 5.74) is 4.77. The Labute approximate surface area is 158 Å². The lowest BCUT2D eigenvalue weighted by molar-refractivity contribution is -0.136. The van der Waals surface area contributed by atoms with Crippen molar-refractivity contribution in [3.8, 4) is 0 Å². The Morgan fingerprint density at radius 3 is 2.44 bits per heavy atom. The van der Waals surface area contributed by atoms with Gasteiger partial charge in [-0.1, -0.05) is 42.5 Å². The Hall–Kier alpha value is -2.86. The van der Waals surface area contributed by atoms with Crippen LogP contribution in [0.15, 0.2) is 66.9 Å². The highest BCUT2D eigenvalue weighted by Crippen LogP contribution is 2.24. The molecule has 0 saturated carbocycles. The molecular weight excluding hydrogens is 343 g/mol. The first-order chi connectivity index (χ1) is 13.2. The molecule has 2 aromatic carbocycles. The first kappa shape index (κ1) is 17.5. The third kappa shape index (κ3) is 3.80. The normalized spacial score (nSPS) is 20.0. The van der Waals surface area contributed by atoms with Gasteiger partial charge in [0, 0.05) is 32.4 Å². The van der Waals surface area contributed by atoms with Gasteiger partial charge in [0.05, 0.1) is 18.3 Å². The molecular formula is C21H23FN4O. The molecule has 0 spiro atoms. The molecule has 1 N–H and O–H groups in total. The lowest BCUT2D eigenvalue weighted by Gasteiger charge is -2.36. The molecule has 140 valence electrons. The molecule has 5 nitrogen and oxygen atoms in total. The van der Waals surface area contributed by atoms with Crippen LogP contribution in [0, 0.1) is 5.82 Å². The number of nitrogens with one attached hydrogen (secondary N) is 1. The predicted molar refractivity (Wildman–Crippen MR) is 103 cm³/mol. The first-order valence-corrected chi connectivity index (χ1v) is 9.24. The minimum atomic E-state index is -0.194. The average Bonchev–Trinajstić information content (AvgIpc) is 3.20. The quantitative estimate of drug-likeness (QED) is 0.903. The summed E-state index contributed by atoms with van der Waals surface area (Å²) in [7, 11) is 0. The Kier molecular flexibility index (Phi) is 5.07. The van der Waals surface area contributed by atoms with Crippen molar-refractivity contribution in [2.75, 3.05) is 37.6 Å². The van der Waals surface area contributed by atoms with E-state index in [4.69, 9.17) is 0 Å². The molecule has 0 bridgehead atoms. The second-order valence-electron chi connectivity index (χ2n) is 6.82.